The van der Waals surface area contributed by atoms with E-state index in [2.05, 4.69) is 20.9 Å². The molecule has 4 nitrogen and oxygen atoms in total. The molecule has 0 amide bonds. The van der Waals surface area contributed by atoms with Crippen LogP contribution in [0.25, 0.3) is 0 Å². The molecule has 0 bridgehead atoms. The summed E-state index contributed by atoms with van der Waals surface area (Å²) in [7, 11) is 3.09. The summed E-state index contributed by atoms with van der Waals surface area (Å²) >= 11 is 2.84. The first-order chi connectivity index (χ1) is 14.7. The van der Waals surface area contributed by atoms with Gasteiger partial charge in [0.15, 0.2) is 11.6 Å². The smallest absolute Gasteiger partial charge is 0.419 e. The second-order valence-corrected chi connectivity index (χ2v) is 7.43. The van der Waals surface area contributed by atoms with Gasteiger partial charge < -0.3 is 14.4 Å². The van der Waals surface area contributed by atoms with E-state index in [0.29, 0.717) is 17.6 Å². The van der Waals surface area contributed by atoms with Crippen molar-refractivity contribution < 1.29 is 27.0 Å². The highest BCUT2D eigenvalue weighted by molar-refractivity contribution is 9.10. The molecule has 164 valence electrons. The molecule has 0 saturated heterocycles. The average molecular weight is 499 g/mol. The van der Waals surface area contributed by atoms with Gasteiger partial charge in [0.25, 0.3) is 0 Å². The van der Waals surface area contributed by atoms with Crippen LogP contribution >= 0.6 is 15.9 Å². The number of benzene rings is 2. The maximum absolute atomic E-state index is 14.8. The van der Waals surface area contributed by atoms with E-state index in [-0.39, 0.29) is 18.9 Å². The fourth-order valence-corrected chi connectivity index (χ4v) is 3.49. The summed E-state index contributed by atoms with van der Waals surface area (Å²) in [6.45, 7) is 0.440. The van der Waals surface area contributed by atoms with Crippen LogP contribution in [0.15, 0.2) is 59.2 Å². The van der Waals surface area contributed by atoms with Gasteiger partial charge in [-0.2, -0.15) is 13.2 Å². The number of hydrogen-bond acceptors (Lipinski definition) is 4. The van der Waals surface area contributed by atoms with Gasteiger partial charge in [0.05, 0.1) is 19.8 Å². The summed E-state index contributed by atoms with van der Waals surface area (Å²) in [4.78, 5) is 5.47. The van der Waals surface area contributed by atoms with E-state index in [1.54, 1.807) is 67.7 Å². The summed E-state index contributed by atoms with van der Waals surface area (Å²) in [5, 5.41) is 0. The van der Waals surface area contributed by atoms with Crippen molar-refractivity contribution in [2.24, 2.45) is 0 Å². The van der Waals surface area contributed by atoms with Gasteiger partial charge in [0.1, 0.15) is 16.1 Å². The second-order valence-electron chi connectivity index (χ2n) is 6.68. The van der Waals surface area contributed by atoms with Crippen molar-refractivity contribution in [3.63, 3.8) is 0 Å². The van der Waals surface area contributed by atoms with Crippen LogP contribution in [0.2, 0.25) is 0 Å². The highest BCUT2D eigenvalue weighted by atomic mass is 79.9. The normalized spacial score (nSPS) is 11.3. The van der Waals surface area contributed by atoms with E-state index < -0.39 is 22.2 Å². The number of alkyl halides is 3. The van der Waals surface area contributed by atoms with Gasteiger partial charge in [-0.05, 0) is 57.4 Å². The first-order valence-corrected chi connectivity index (χ1v) is 9.94. The minimum absolute atomic E-state index is 0.188. The summed E-state index contributed by atoms with van der Waals surface area (Å²) in [5.74, 6) is 0.0723. The van der Waals surface area contributed by atoms with Gasteiger partial charge in [-0.1, -0.05) is 24.3 Å². The molecular formula is C22H19BrF4N2O2. The van der Waals surface area contributed by atoms with Crippen LogP contribution in [0.4, 0.5) is 23.4 Å². The maximum atomic E-state index is 14.8. The third kappa shape index (κ3) is 5.66. The Morgan fingerprint density at radius 3 is 1.71 bits per heavy atom. The fraction of sp³-hybridized carbons (Fsp3) is 0.227. The number of hydrogen-bond donors (Lipinski definition) is 0. The Kier molecular flexibility index (Phi) is 7.04. The second kappa shape index (κ2) is 9.55. The van der Waals surface area contributed by atoms with Crippen molar-refractivity contribution in [3.05, 3.63) is 81.7 Å². The maximum Gasteiger partial charge on any atom is 0.419 e. The molecule has 31 heavy (non-hydrogen) atoms. The quantitative estimate of drug-likeness (QED) is 0.286. The molecule has 0 fully saturated rings. The number of pyridine rings is 1. The molecule has 0 aliphatic rings. The number of anilines is 1. The number of rotatable bonds is 7. The third-order valence-electron chi connectivity index (χ3n) is 4.58. The first-order valence-electron chi connectivity index (χ1n) is 9.15. The predicted octanol–water partition coefficient (Wildman–Crippen LogP) is 6.23. The summed E-state index contributed by atoms with van der Waals surface area (Å²) in [5.41, 5.74) is 0.459. The highest BCUT2D eigenvalue weighted by Crippen LogP contribution is 2.37. The molecule has 3 rings (SSSR count). The molecule has 3 aromatic rings. The van der Waals surface area contributed by atoms with Gasteiger partial charge in [0, 0.05) is 13.1 Å². The Bertz CT molecular complexity index is 976. The lowest BCUT2D eigenvalue weighted by molar-refractivity contribution is -0.138. The molecule has 1 heterocycles. The number of methoxy groups -OCH3 is 2. The van der Waals surface area contributed by atoms with Gasteiger partial charge in [-0.3, -0.25) is 0 Å². The summed E-state index contributed by atoms with van der Waals surface area (Å²) < 4.78 is 64.0. The predicted molar refractivity (Wildman–Crippen MR) is 113 cm³/mol. The van der Waals surface area contributed by atoms with E-state index in [0.717, 1.165) is 11.1 Å². The topological polar surface area (TPSA) is 34.6 Å². The lowest BCUT2D eigenvalue weighted by atomic mass is 10.1. The van der Waals surface area contributed by atoms with Crippen molar-refractivity contribution in [3.8, 4) is 11.5 Å². The van der Waals surface area contributed by atoms with Crippen LogP contribution < -0.4 is 14.4 Å². The molecule has 0 N–H and O–H groups in total. The molecule has 2 aromatic carbocycles. The highest BCUT2D eigenvalue weighted by Gasteiger charge is 2.35. The molecular weight excluding hydrogens is 480 g/mol. The molecule has 0 aliphatic carbocycles. The zero-order valence-electron chi connectivity index (χ0n) is 16.7. The van der Waals surface area contributed by atoms with Crippen molar-refractivity contribution >= 4 is 21.7 Å². The Morgan fingerprint density at radius 2 is 1.32 bits per heavy atom. The zero-order valence-corrected chi connectivity index (χ0v) is 18.3. The monoisotopic (exact) mass is 498 g/mol. The van der Waals surface area contributed by atoms with Crippen LogP contribution in [0, 0.1) is 5.82 Å². The van der Waals surface area contributed by atoms with Gasteiger partial charge in [-0.15, -0.1) is 0 Å². The van der Waals surface area contributed by atoms with Gasteiger partial charge in [-0.25, -0.2) is 9.37 Å². The molecule has 0 radical (unpaired) electrons. The minimum Gasteiger partial charge on any atom is -0.497 e. The van der Waals surface area contributed by atoms with Crippen molar-refractivity contribution in [1.29, 1.82) is 0 Å². The zero-order chi connectivity index (χ0) is 22.6. The van der Waals surface area contributed by atoms with E-state index in [4.69, 9.17) is 9.47 Å². The van der Waals surface area contributed by atoms with E-state index in [1.165, 1.54) is 0 Å². The minimum atomic E-state index is -4.72. The van der Waals surface area contributed by atoms with Crippen LogP contribution in [-0.2, 0) is 19.3 Å². The Balaban J connectivity index is 1.98. The molecule has 0 saturated carbocycles. The molecule has 1 aromatic heterocycles. The van der Waals surface area contributed by atoms with Crippen molar-refractivity contribution in [2.45, 2.75) is 19.3 Å². The van der Waals surface area contributed by atoms with Gasteiger partial charge >= 0.3 is 6.18 Å². The molecule has 0 spiro atoms. The molecule has 0 aliphatic heterocycles. The molecule has 0 atom stereocenters. The first kappa shape index (κ1) is 22.9. The van der Waals surface area contributed by atoms with Crippen molar-refractivity contribution in [2.75, 3.05) is 19.1 Å². The van der Waals surface area contributed by atoms with Crippen LogP contribution in [0.5, 0.6) is 11.5 Å². The van der Waals surface area contributed by atoms with Crippen LogP contribution in [0.1, 0.15) is 16.7 Å². The standard InChI is InChI=1S/C22H19BrF4N2O2/c1-30-16-7-3-14(4-8-16)12-29(13-15-5-9-17(31-2)10-6-15)21-19(24)11-18(20(23)28-21)22(25,26)27/h3-11H,12-13H2,1-2H3. The number of ether oxygens (including phenoxy) is 2. The number of nitrogens with zero attached hydrogens (tertiary/aromatic N) is 2. The largest absolute Gasteiger partial charge is 0.497 e. The van der Waals surface area contributed by atoms with Crippen molar-refractivity contribution in [1.82, 2.24) is 4.98 Å². The lowest BCUT2D eigenvalue weighted by Gasteiger charge is -2.25. The SMILES string of the molecule is COc1ccc(CN(Cc2ccc(OC)cc2)c2nc(Br)c(C(F)(F)F)cc2F)cc1. The third-order valence-corrected chi connectivity index (χ3v) is 5.19. The van der Waals surface area contributed by atoms with Gasteiger partial charge in [0.2, 0.25) is 0 Å². The lowest BCUT2D eigenvalue weighted by Crippen LogP contribution is -2.25. The Labute approximate surface area is 185 Å². The number of aromatic nitrogens is 1. The average Bonchev–Trinajstić information content (AvgIpc) is 2.75. The van der Waals surface area contributed by atoms with Crippen LogP contribution in [0.3, 0.4) is 0 Å². The fourth-order valence-electron chi connectivity index (χ4n) is 2.99. The van der Waals surface area contributed by atoms with E-state index in [9.17, 15) is 17.6 Å². The van der Waals surface area contributed by atoms with E-state index in [1.807, 2.05) is 0 Å². The van der Waals surface area contributed by atoms with Crippen LogP contribution in [-0.4, -0.2) is 19.2 Å². The Hall–Kier alpha value is -2.81. The summed E-state index contributed by atoms with van der Waals surface area (Å²) in [6, 6.07) is 14.7. The summed E-state index contributed by atoms with van der Waals surface area (Å²) in [6.07, 6.45) is -4.72. The molecule has 9 heteroatoms. The number of halogens is 5. The molecule has 0 unspecified atom stereocenters. The van der Waals surface area contributed by atoms with E-state index >= 15 is 0 Å². The Morgan fingerprint density at radius 1 is 0.871 bits per heavy atom.